The summed E-state index contributed by atoms with van der Waals surface area (Å²) < 4.78 is 0. The fourth-order valence-corrected chi connectivity index (χ4v) is 2.49. The van der Waals surface area contributed by atoms with Crippen molar-refractivity contribution in [1.29, 1.82) is 0 Å². The summed E-state index contributed by atoms with van der Waals surface area (Å²) >= 11 is 0. The van der Waals surface area contributed by atoms with Crippen molar-refractivity contribution >= 4 is 42.3 Å². The van der Waals surface area contributed by atoms with E-state index in [1.54, 1.807) is 20.1 Å². The van der Waals surface area contributed by atoms with E-state index in [2.05, 4.69) is 15.6 Å². The summed E-state index contributed by atoms with van der Waals surface area (Å²) in [5.41, 5.74) is 4.78. The number of nitrogens with zero attached hydrogens (tertiary/aromatic N) is 1. The first-order valence-electron chi connectivity index (χ1n) is 8.70. The molecule has 1 aromatic carbocycles. The largest absolute Gasteiger partial charge is 0.412 e. The van der Waals surface area contributed by atoms with Crippen LogP contribution in [0.15, 0.2) is 35.3 Å². The maximum atomic E-state index is 11.7. The SMILES string of the molecule is CC1(N)CCC(=O)NC1=O.CC1(N=Cc2ccccc2)CCC(=O)NC1=O.Cl.O. The van der Waals surface area contributed by atoms with E-state index >= 15 is 0 Å². The van der Waals surface area contributed by atoms with E-state index in [1.807, 2.05) is 30.3 Å². The van der Waals surface area contributed by atoms with Gasteiger partial charge < -0.3 is 11.2 Å². The number of hydrogen-bond donors (Lipinski definition) is 3. The summed E-state index contributed by atoms with van der Waals surface area (Å²) in [7, 11) is 0. The standard InChI is InChI=1S/C13H14N2O2.C6H10N2O2.ClH.H2O/c1-13(8-7-11(16)15-12(13)17)14-9-10-5-3-2-4-6-10;1-6(7)3-2-4(9)8-5(6)10;;/h2-6,9H,7-8H2,1H3,(H,15,16,17);2-3,7H2,1H3,(H,8,9,10);1H;1H2. The number of aliphatic imine (C=N–C) groups is 1. The number of amides is 4. The van der Waals surface area contributed by atoms with E-state index in [4.69, 9.17) is 5.73 Å². The van der Waals surface area contributed by atoms with Crippen LogP contribution in [-0.4, -0.2) is 46.4 Å². The van der Waals surface area contributed by atoms with Crippen LogP contribution in [0.2, 0.25) is 0 Å². The van der Waals surface area contributed by atoms with E-state index < -0.39 is 11.1 Å². The minimum atomic E-state index is -0.853. The molecule has 9 nitrogen and oxygen atoms in total. The van der Waals surface area contributed by atoms with Gasteiger partial charge in [0.15, 0.2) is 0 Å². The number of hydrogen-bond acceptors (Lipinski definition) is 6. The normalized spacial score (nSPS) is 26.3. The van der Waals surface area contributed by atoms with Gasteiger partial charge in [0.25, 0.3) is 5.91 Å². The highest BCUT2D eigenvalue weighted by Gasteiger charge is 2.37. The van der Waals surface area contributed by atoms with Crippen LogP contribution in [-0.2, 0) is 19.2 Å². The van der Waals surface area contributed by atoms with Crippen LogP contribution in [0.4, 0.5) is 0 Å². The van der Waals surface area contributed by atoms with E-state index in [0.29, 0.717) is 25.7 Å². The molecule has 0 bridgehead atoms. The maximum absolute atomic E-state index is 11.7. The van der Waals surface area contributed by atoms with Crippen LogP contribution in [0.5, 0.6) is 0 Å². The molecule has 10 heteroatoms. The zero-order valence-electron chi connectivity index (χ0n) is 16.4. The summed E-state index contributed by atoms with van der Waals surface area (Å²) in [6.07, 6.45) is 3.27. The van der Waals surface area contributed by atoms with Crippen LogP contribution in [0.1, 0.15) is 45.1 Å². The number of piperidine rings is 2. The van der Waals surface area contributed by atoms with Crippen molar-refractivity contribution in [2.45, 2.75) is 50.6 Å². The summed E-state index contributed by atoms with van der Waals surface area (Å²) in [6.45, 7) is 3.36. The number of imide groups is 2. The molecule has 4 amide bonds. The Bertz CT molecular complexity index is 782. The molecule has 3 rings (SSSR count). The Morgan fingerprint density at radius 1 is 0.931 bits per heavy atom. The van der Waals surface area contributed by atoms with Gasteiger partial charge in [-0.15, -0.1) is 12.4 Å². The van der Waals surface area contributed by atoms with Crippen molar-refractivity contribution < 1.29 is 24.7 Å². The Balaban J connectivity index is 0.000000567. The number of carbonyl (C=O) groups excluding carboxylic acids is 4. The molecule has 2 heterocycles. The number of nitrogens with one attached hydrogen (secondary N) is 2. The average Bonchev–Trinajstić information content (AvgIpc) is 2.62. The predicted molar refractivity (Wildman–Crippen MR) is 111 cm³/mol. The molecule has 160 valence electrons. The maximum Gasteiger partial charge on any atom is 0.254 e. The fraction of sp³-hybridized carbons (Fsp3) is 0.421. The van der Waals surface area contributed by atoms with Crippen molar-refractivity contribution in [3.63, 3.8) is 0 Å². The van der Waals surface area contributed by atoms with Crippen LogP contribution >= 0.6 is 12.4 Å². The molecule has 2 saturated heterocycles. The smallest absolute Gasteiger partial charge is 0.254 e. The second-order valence-corrected chi connectivity index (χ2v) is 7.11. The highest BCUT2D eigenvalue weighted by molar-refractivity contribution is 6.03. The molecule has 0 aliphatic carbocycles. The second kappa shape index (κ2) is 10.8. The fourth-order valence-electron chi connectivity index (χ4n) is 2.49. The molecule has 0 saturated carbocycles. The Labute approximate surface area is 175 Å². The van der Waals surface area contributed by atoms with Crippen LogP contribution in [0, 0.1) is 0 Å². The number of benzene rings is 1. The third-order valence-corrected chi connectivity index (χ3v) is 4.52. The third kappa shape index (κ3) is 7.37. The van der Waals surface area contributed by atoms with Crippen molar-refractivity contribution in [2.75, 3.05) is 0 Å². The molecule has 6 N–H and O–H groups in total. The minimum absolute atomic E-state index is 0. The zero-order valence-corrected chi connectivity index (χ0v) is 17.2. The lowest BCUT2D eigenvalue weighted by Crippen LogP contribution is -2.57. The number of nitrogens with two attached hydrogens (primary N) is 1. The topological polar surface area (TPSA) is 162 Å². The first-order valence-corrected chi connectivity index (χ1v) is 8.70. The van der Waals surface area contributed by atoms with Gasteiger partial charge in [0.05, 0.1) is 5.54 Å². The Hall–Kier alpha value is -2.62. The Morgan fingerprint density at radius 3 is 1.93 bits per heavy atom. The molecule has 0 aromatic heterocycles. The van der Waals surface area contributed by atoms with Gasteiger partial charge in [-0.2, -0.15) is 0 Å². The molecular formula is C19H27ClN4O5. The summed E-state index contributed by atoms with van der Waals surface area (Å²) in [5, 5.41) is 4.48. The van der Waals surface area contributed by atoms with Gasteiger partial charge in [0.2, 0.25) is 17.7 Å². The lowest BCUT2D eigenvalue weighted by Gasteiger charge is -2.27. The average molecular weight is 427 g/mol. The van der Waals surface area contributed by atoms with Crippen LogP contribution in [0.25, 0.3) is 0 Å². The monoisotopic (exact) mass is 426 g/mol. The first kappa shape index (κ1) is 26.4. The van der Waals surface area contributed by atoms with Gasteiger partial charge in [-0.3, -0.25) is 34.8 Å². The molecule has 2 aliphatic rings. The van der Waals surface area contributed by atoms with Crippen molar-refractivity contribution in [3.05, 3.63) is 35.9 Å². The molecule has 2 aliphatic heterocycles. The summed E-state index contributed by atoms with van der Waals surface area (Å²) in [4.78, 5) is 48.5. The minimum Gasteiger partial charge on any atom is -0.412 e. The molecule has 0 radical (unpaired) electrons. The summed E-state index contributed by atoms with van der Waals surface area (Å²) in [6, 6.07) is 9.57. The highest BCUT2D eigenvalue weighted by Crippen LogP contribution is 2.21. The van der Waals surface area contributed by atoms with Crippen molar-refractivity contribution in [3.8, 4) is 0 Å². The predicted octanol–water partition coefficient (Wildman–Crippen LogP) is 0.0383. The van der Waals surface area contributed by atoms with Gasteiger partial charge in [0.1, 0.15) is 5.54 Å². The van der Waals surface area contributed by atoms with Gasteiger partial charge in [-0.05, 0) is 32.3 Å². The van der Waals surface area contributed by atoms with E-state index in [9.17, 15) is 19.2 Å². The molecule has 29 heavy (non-hydrogen) atoms. The quantitative estimate of drug-likeness (QED) is 0.448. The molecule has 2 unspecified atom stereocenters. The molecule has 2 fully saturated rings. The van der Waals surface area contributed by atoms with Gasteiger partial charge in [-0.25, -0.2) is 0 Å². The van der Waals surface area contributed by atoms with E-state index in [1.165, 1.54) is 0 Å². The second-order valence-electron chi connectivity index (χ2n) is 7.11. The number of carbonyl (C=O) groups is 4. The van der Waals surface area contributed by atoms with Gasteiger partial charge in [0, 0.05) is 19.1 Å². The van der Waals surface area contributed by atoms with Crippen LogP contribution < -0.4 is 16.4 Å². The van der Waals surface area contributed by atoms with Gasteiger partial charge in [-0.1, -0.05) is 30.3 Å². The van der Waals surface area contributed by atoms with Gasteiger partial charge >= 0.3 is 0 Å². The van der Waals surface area contributed by atoms with Crippen molar-refractivity contribution in [2.24, 2.45) is 10.7 Å². The number of rotatable bonds is 2. The Kier molecular flexibility index (Phi) is 9.82. The summed E-state index contributed by atoms with van der Waals surface area (Å²) in [5.74, 6) is -1.14. The van der Waals surface area contributed by atoms with E-state index in [-0.39, 0.29) is 41.5 Å². The first-order chi connectivity index (χ1) is 12.6. The molecular weight excluding hydrogens is 400 g/mol. The molecule has 2 atom stereocenters. The lowest BCUT2D eigenvalue weighted by atomic mass is 9.92. The number of halogens is 1. The van der Waals surface area contributed by atoms with Crippen molar-refractivity contribution in [1.82, 2.24) is 10.6 Å². The Morgan fingerprint density at radius 2 is 1.45 bits per heavy atom. The van der Waals surface area contributed by atoms with E-state index in [0.717, 1.165) is 5.56 Å². The lowest BCUT2D eigenvalue weighted by molar-refractivity contribution is -0.138. The zero-order chi connectivity index (χ0) is 20.1. The molecule has 0 spiro atoms. The highest BCUT2D eigenvalue weighted by atomic mass is 35.5. The third-order valence-electron chi connectivity index (χ3n) is 4.52. The van der Waals surface area contributed by atoms with Crippen LogP contribution in [0.3, 0.4) is 0 Å². The molecule has 1 aromatic rings.